The standard InChI is InChI=1S/C23H31ClN8O6S/c1-13(18(36-2)19-25-9-16(24)10-26-19)39(34,35)31-23-30-29-20(15-7-5-14(11-33)6-8-15)32(23)17-21(37-3)27-12-28-22(17)38-4/h9-10,12-15,18,33H,5-8,11H2,1-4H3,(H,30,31)/t13-,14?,15?,18-/m0/s1. The monoisotopic (exact) mass is 582 g/mol. The van der Waals surface area contributed by atoms with E-state index in [1.54, 1.807) is 0 Å². The number of nitrogens with one attached hydrogen (secondary N) is 1. The molecule has 0 aliphatic heterocycles. The smallest absolute Gasteiger partial charge is 0.245 e. The lowest BCUT2D eigenvalue weighted by Gasteiger charge is -2.27. The first-order valence-electron chi connectivity index (χ1n) is 12.2. The van der Waals surface area contributed by atoms with Crippen molar-refractivity contribution in [1.82, 2.24) is 34.7 Å². The first-order valence-corrected chi connectivity index (χ1v) is 14.2. The molecule has 0 aromatic carbocycles. The Morgan fingerprint density at radius 1 is 1.05 bits per heavy atom. The molecule has 0 spiro atoms. The van der Waals surface area contributed by atoms with Crippen LogP contribution in [0.25, 0.3) is 5.69 Å². The molecule has 2 atom stereocenters. The van der Waals surface area contributed by atoms with Gasteiger partial charge in [0.1, 0.15) is 23.5 Å². The van der Waals surface area contributed by atoms with E-state index in [0.29, 0.717) is 10.8 Å². The predicted molar refractivity (Wildman–Crippen MR) is 141 cm³/mol. The van der Waals surface area contributed by atoms with Gasteiger partial charge in [-0.05, 0) is 38.5 Å². The van der Waals surface area contributed by atoms with Crippen molar-refractivity contribution >= 4 is 27.6 Å². The van der Waals surface area contributed by atoms with Gasteiger partial charge in [-0.2, -0.15) is 9.97 Å². The zero-order chi connectivity index (χ0) is 28.2. The van der Waals surface area contributed by atoms with Crippen LogP contribution in [-0.4, -0.2) is 81.4 Å². The van der Waals surface area contributed by atoms with Crippen molar-refractivity contribution in [3.05, 3.63) is 35.4 Å². The van der Waals surface area contributed by atoms with E-state index in [-0.39, 0.29) is 47.7 Å². The summed E-state index contributed by atoms with van der Waals surface area (Å²) in [6.07, 6.45) is 6.04. The first kappa shape index (κ1) is 28.9. The Kier molecular flexibility index (Phi) is 9.15. The second kappa shape index (κ2) is 12.4. The maximum atomic E-state index is 13.6. The van der Waals surface area contributed by atoms with Gasteiger partial charge in [-0.3, -0.25) is 9.29 Å². The van der Waals surface area contributed by atoms with Crippen molar-refractivity contribution < 1.29 is 27.7 Å². The second-order valence-corrected chi connectivity index (χ2v) is 11.6. The third kappa shape index (κ3) is 6.05. The third-order valence-corrected chi connectivity index (χ3v) is 8.71. The van der Waals surface area contributed by atoms with Crippen LogP contribution in [-0.2, 0) is 14.8 Å². The Labute approximate surface area is 231 Å². The van der Waals surface area contributed by atoms with E-state index in [2.05, 4.69) is 34.9 Å². The van der Waals surface area contributed by atoms with E-state index in [1.165, 1.54) is 51.5 Å². The van der Waals surface area contributed by atoms with Crippen molar-refractivity contribution in [2.75, 3.05) is 32.7 Å². The number of hydrogen-bond acceptors (Lipinski definition) is 12. The minimum Gasteiger partial charge on any atom is -0.479 e. The van der Waals surface area contributed by atoms with Crippen LogP contribution in [0.2, 0.25) is 5.02 Å². The highest BCUT2D eigenvalue weighted by Crippen LogP contribution is 2.40. The molecule has 0 bridgehead atoms. The van der Waals surface area contributed by atoms with Crippen LogP contribution in [0.15, 0.2) is 18.7 Å². The lowest BCUT2D eigenvalue weighted by molar-refractivity contribution is 0.0950. The summed E-state index contributed by atoms with van der Waals surface area (Å²) in [7, 11) is 0.0876. The molecule has 3 aromatic rings. The fourth-order valence-corrected chi connectivity index (χ4v) is 5.88. The third-order valence-electron chi connectivity index (χ3n) is 6.82. The number of hydrogen-bond donors (Lipinski definition) is 2. The summed E-state index contributed by atoms with van der Waals surface area (Å²) in [5, 5.41) is 17.3. The van der Waals surface area contributed by atoms with Crippen LogP contribution < -0.4 is 14.2 Å². The molecule has 0 radical (unpaired) electrons. The molecule has 1 fully saturated rings. The van der Waals surface area contributed by atoms with Crippen LogP contribution in [0.5, 0.6) is 11.8 Å². The number of anilines is 1. The topological polar surface area (TPSA) is 176 Å². The van der Waals surface area contributed by atoms with Gasteiger partial charge in [0.25, 0.3) is 0 Å². The zero-order valence-corrected chi connectivity index (χ0v) is 23.6. The van der Waals surface area contributed by atoms with Gasteiger partial charge in [-0.15, -0.1) is 10.2 Å². The lowest BCUT2D eigenvalue weighted by atomic mass is 9.82. The van der Waals surface area contributed by atoms with Crippen LogP contribution in [0.3, 0.4) is 0 Å². The molecule has 1 aliphatic rings. The highest BCUT2D eigenvalue weighted by atomic mass is 35.5. The quantitative estimate of drug-likeness (QED) is 0.338. The van der Waals surface area contributed by atoms with Crippen LogP contribution in [0, 0.1) is 5.92 Å². The summed E-state index contributed by atoms with van der Waals surface area (Å²) in [6.45, 7) is 1.59. The summed E-state index contributed by atoms with van der Waals surface area (Å²) in [5.41, 5.74) is 0.251. The van der Waals surface area contributed by atoms with Gasteiger partial charge >= 0.3 is 0 Å². The zero-order valence-electron chi connectivity index (χ0n) is 22.0. The number of halogens is 1. The van der Waals surface area contributed by atoms with Gasteiger partial charge in [0.2, 0.25) is 27.7 Å². The minimum absolute atomic E-state index is 0.0696. The summed E-state index contributed by atoms with van der Waals surface area (Å²) in [5.74, 6) is 0.977. The van der Waals surface area contributed by atoms with Crippen LogP contribution in [0.4, 0.5) is 5.95 Å². The number of sulfonamides is 1. The minimum atomic E-state index is -4.15. The molecule has 3 aromatic heterocycles. The number of aliphatic hydroxyl groups is 1. The summed E-state index contributed by atoms with van der Waals surface area (Å²) < 4.78 is 47.7. The largest absolute Gasteiger partial charge is 0.479 e. The number of ether oxygens (including phenoxy) is 3. The Hall–Kier alpha value is -3.14. The molecular formula is C23H31ClN8O6S. The van der Waals surface area contributed by atoms with Gasteiger partial charge in [-0.25, -0.2) is 18.4 Å². The maximum Gasteiger partial charge on any atom is 0.245 e. The summed E-state index contributed by atoms with van der Waals surface area (Å²) >= 11 is 5.89. The first-order chi connectivity index (χ1) is 18.7. The number of nitrogens with zero attached hydrogens (tertiary/aromatic N) is 7. The van der Waals surface area contributed by atoms with E-state index >= 15 is 0 Å². The molecule has 1 aliphatic carbocycles. The van der Waals surface area contributed by atoms with E-state index < -0.39 is 21.4 Å². The number of rotatable bonds is 11. The van der Waals surface area contributed by atoms with Crippen molar-refractivity contribution in [2.45, 2.75) is 49.9 Å². The SMILES string of the molecule is COc1ncnc(OC)c1-n1c(NS(=O)(=O)[C@@H](C)[C@H](OC)c2ncc(Cl)cn2)nnc1C1CCC(CO)CC1. The summed E-state index contributed by atoms with van der Waals surface area (Å²) in [4.78, 5) is 16.6. The molecule has 39 heavy (non-hydrogen) atoms. The van der Waals surface area contributed by atoms with E-state index in [0.717, 1.165) is 25.7 Å². The van der Waals surface area contributed by atoms with Gasteiger partial charge in [0, 0.05) is 32.0 Å². The Bertz CT molecular complexity index is 1340. The predicted octanol–water partition coefficient (Wildman–Crippen LogP) is 2.30. The van der Waals surface area contributed by atoms with Crippen molar-refractivity contribution in [3.63, 3.8) is 0 Å². The van der Waals surface area contributed by atoms with Gasteiger partial charge < -0.3 is 19.3 Å². The molecule has 212 valence electrons. The molecule has 2 N–H and O–H groups in total. The average Bonchev–Trinajstić information content (AvgIpc) is 3.35. The number of aliphatic hydroxyl groups excluding tert-OH is 1. The maximum absolute atomic E-state index is 13.6. The van der Waals surface area contributed by atoms with Gasteiger partial charge in [0.05, 0.1) is 19.2 Å². The Balaban J connectivity index is 1.77. The Morgan fingerprint density at radius 2 is 1.67 bits per heavy atom. The van der Waals surface area contributed by atoms with Crippen LogP contribution in [0.1, 0.15) is 56.3 Å². The van der Waals surface area contributed by atoms with Gasteiger partial charge in [-0.1, -0.05) is 11.6 Å². The number of aromatic nitrogens is 7. The second-order valence-electron chi connectivity index (χ2n) is 9.13. The van der Waals surface area contributed by atoms with Crippen molar-refractivity contribution in [1.29, 1.82) is 0 Å². The normalized spacial score (nSPS) is 19.3. The van der Waals surface area contributed by atoms with E-state index in [1.807, 2.05) is 0 Å². The molecule has 16 heteroatoms. The number of methoxy groups -OCH3 is 3. The van der Waals surface area contributed by atoms with Crippen molar-refractivity contribution in [2.24, 2.45) is 5.92 Å². The molecular weight excluding hydrogens is 552 g/mol. The molecule has 3 heterocycles. The summed E-state index contributed by atoms with van der Waals surface area (Å²) in [6, 6.07) is 0. The average molecular weight is 583 g/mol. The molecule has 1 saturated carbocycles. The Morgan fingerprint density at radius 3 is 2.21 bits per heavy atom. The molecule has 0 unspecified atom stereocenters. The fraction of sp³-hybridized carbons (Fsp3) is 0.565. The van der Waals surface area contributed by atoms with Crippen molar-refractivity contribution in [3.8, 4) is 17.4 Å². The van der Waals surface area contributed by atoms with E-state index in [4.69, 9.17) is 25.8 Å². The highest BCUT2D eigenvalue weighted by Gasteiger charge is 2.36. The van der Waals surface area contributed by atoms with Crippen LogP contribution >= 0.6 is 11.6 Å². The van der Waals surface area contributed by atoms with Gasteiger partial charge in [0.15, 0.2) is 11.5 Å². The molecule has 0 amide bonds. The molecule has 0 saturated heterocycles. The molecule has 4 rings (SSSR count). The lowest BCUT2D eigenvalue weighted by Crippen LogP contribution is -2.33. The molecule has 14 nitrogen and oxygen atoms in total. The van der Waals surface area contributed by atoms with E-state index in [9.17, 15) is 13.5 Å². The highest BCUT2D eigenvalue weighted by molar-refractivity contribution is 7.93. The fourth-order valence-electron chi connectivity index (χ4n) is 4.65.